The highest BCUT2D eigenvalue weighted by atomic mass is 16.4. The summed E-state index contributed by atoms with van der Waals surface area (Å²) >= 11 is 0. The average molecular weight is 555 g/mol. The number of phenolic OH excluding ortho intramolecular Hbond substituents is 1. The zero-order chi connectivity index (χ0) is 30.5. The van der Waals surface area contributed by atoms with Gasteiger partial charge in [0.15, 0.2) is 17.2 Å². The molecule has 1 unspecified atom stereocenters. The lowest BCUT2D eigenvalue weighted by Crippen LogP contribution is -2.73. The molecular formula is C32H42O8. The summed E-state index contributed by atoms with van der Waals surface area (Å²) in [6.45, 7) is 15.2. The maximum Gasteiger partial charge on any atom is 0.209 e. The number of Topliss-reactive ketones (excluding diaryl/α,β-unsaturated/α-hetero) is 3. The van der Waals surface area contributed by atoms with Crippen LogP contribution in [0.25, 0.3) is 0 Å². The van der Waals surface area contributed by atoms with Gasteiger partial charge in [0.2, 0.25) is 5.78 Å². The molecule has 0 fully saturated rings. The summed E-state index contributed by atoms with van der Waals surface area (Å²) in [5, 5.41) is 59.0. The molecule has 0 radical (unpaired) electrons. The van der Waals surface area contributed by atoms with Crippen LogP contribution < -0.4 is 0 Å². The molecule has 40 heavy (non-hydrogen) atoms. The number of carbonyl (C=O) groups excluding carboxylic acids is 3. The molecular weight excluding hydrogens is 512 g/mol. The first-order valence-corrected chi connectivity index (χ1v) is 14.0. The SMILES string of the molecule is CCCC(C)(C)c1ccc2c(c1O)C(=O)C1=C(O)[C@@]3(O)C(=O)C(C(C)=O)=C(O)C(C(C)C)[C@@]3(C)[C@H](O)[C@@]1(C)[C@@H]2C. The highest BCUT2D eigenvalue weighted by Crippen LogP contribution is 2.67. The largest absolute Gasteiger partial charge is 0.511 e. The lowest BCUT2D eigenvalue weighted by Gasteiger charge is -2.63. The van der Waals surface area contributed by atoms with E-state index in [2.05, 4.69) is 0 Å². The Labute approximate surface area is 235 Å². The van der Waals surface area contributed by atoms with Gasteiger partial charge in [-0.15, -0.1) is 0 Å². The number of hydrogen-bond donors (Lipinski definition) is 5. The van der Waals surface area contributed by atoms with E-state index in [-0.39, 0.29) is 16.9 Å². The van der Waals surface area contributed by atoms with E-state index in [0.29, 0.717) is 11.1 Å². The van der Waals surface area contributed by atoms with Crippen molar-refractivity contribution in [2.45, 2.75) is 98.2 Å². The Morgan fingerprint density at radius 1 is 1.10 bits per heavy atom. The van der Waals surface area contributed by atoms with Crippen molar-refractivity contribution in [3.63, 3.8) is 0 Å². The van der Waals surface area contributed by atoms with Gasteiger partial charge in [-0.25, -0.2) is 0 Å². The number of phenols is 1. The molecule has 6 atom stereocenters. The van der Waals surface area contributed by atoms with Gasteiger partial charge in [0, 0.05) is 22.3 Å². The second-order valence-corrected chi connectivity index (χ2v) is 13.4. The van der Waals surface area contributed by atoms with Crippen molar-refractivity contribution >= 4 is 17.3 Å². The maximum atomic E-state index is 14.3. The van der Waals surface area contributed by atoms with Gasteiger partial charge in [-0.2, -0.15) is 0 Å². The zero-order valence-electron chi connectivity index (χ0n) is 24.8. The molecule has 8 heteroatoms. The van der Waals surface area contributed by atoms with Gasteiger partial charge in [0.05, 0.1) is 17.2 Å². The van der Waals surface area contributed by atoms with Crippen molar-refractivity contribution in [2.75, 3.05) is 0 Å². The van der Waals surface area contributed by atoms with Crippen molar-refractivity contribution in [3.8, 4) is 5.75 Å². The van der Waals surface area contributed by atoms with E-state index < -0.39 is 80.1 Å². The van der Waals surface area contributed by atoms with Crippen LogP contribution in [0.15, 0.2) is 34.8 Å². The molecule has 0 bridgehead atoms. The van der Waals surface area contributed by atoms with Gasteiger partial charge in [-0.3, -0.25) is 14.4 Å². The second kappa shape index (κ2) is 9.02. The molecule has 0 spiro atoms. The third kappa shape index (κ3) is 3.29. The van der Waals surface area contributed by atoms with E-state index >= 15 is 0 Å². The van der Waals surface area contributed by atoms with E-state index in [1.165, 1.54) is 6.92 Å². The summed E-state index contributed by atoms with van der Waals surface area (Å²) in [6.07, 6.45) is -0.0538. The molecule has 0 amide bonds. The van der Waals surface area contributed by atoms with Crippen molar-refractivity contribution in [3.05, 3.63) is 51.5 Å². The van der Waals surface area contributed by atoms with E-state index in [4.69, 9.17) is 0 Å². The molecule has 3 aliphatic carbocycles. The second-order valence-electron chi connectivity index (χ2n) is 13.4. The van der Waals surface area contributed by atoms with E-state index in [1.807, 2.05) is 20.8 Å². The molecule has 0 heterocycles. The zero-order valence-corrected chi connectivity index (χ0v) is 24.8. The number of benzene rings is 1. The van der Waals surface area contributed by atoms with Crippen molar-refractivity contribution in [1.29, 1.82) is 0 Å². The number of carbonyl (C=O) groups is 3. The highest BCUT2D eigenvalue weighted by molar-refractivity contribution is 6.25. The lowest BCUT2D eigenvalue weighted by molar-refractivity contribution is -0.211. The van der Waals surface area contributed by atoms with Gasteiger partial charge in [-0.1, -0.05) is 73.9 Å². The van der Waals surface area contributed by atoms with Gasteiger partial charge < -0.3 is 25.5 Å². The highest BCUT2D eigenvalue weighted by Gasteiger charge is 2.76. The first-order valence-electron chi connectivity index (χ1n) is 14.0. The van der Waals surface area contributed by atoms with E-state index in [9.17, 15) is 39.9 Å². The van der Waals surface area contributed by atoms with Gasteiger partial charge in [0.1, 0.15) is 22.8 Å². The van der Waals surface area contributed by atoms with Crippen LogP contribution in [0.1, 0.15) is 103 Å². The molecule has 5 N–H and O–H groups in total. The fourth-order valence-corrected chi connectivity index (χ4v) is 8.25. The normalized spacial score (nSPS) is 34.1. The monoisotopic (exact) mass is 554 g/mol. The van der Waals surface area contributed by atoms with E-state index in [0.717, 1.165) is 19.8 Å². The summed E-state index contributed by atoms with van der Waals surface area (Å²) in [6, 6.07) is 3.55. The van der Waals surface area contributed by atoms with Crippen LogP contribution >= 0.6 is 0 Å². The fraction of sp³-hybridized carbons (Fsp3) is 0.594. The topological polar surface area (TPSA) is 152 Å². The molecule has 3 aliphatic rings. The molecule has 0 aromatic heterocycles. The number of hydrogen-bond acceptors (Lipinski definition) is 8. The molecule has 4 rings (SSSR count). The minimum atomic E-state index is -2.88. The van der Waals surface area contributed by atoms with Gasteiger partial charge in [-0.05, 0) is 36.2 Å². The lowest BCUT2D eigenvalue weighted by atomic mass is 9.41. The van der Waals surface area contributed by atoms with Crippen LogP contribution in [0, 0.1) is 22.7 Å². The Balaban J connectivity index is 2.12. The molecule has 0 aliphatic heterocycles. The van der Waals surface area contributed by atoms with Crippen LogP contribution in [-0.2, 0) is 15.0 Å². The third-order valence-electron chi connectivity index (χ3n) is 10.4. The van der Waals surface area contributed by atoms with Crippen LogP contribution in [-0.4, -0.2) is 54.6 Å². The Kier molecular flexibility index (Phi) is 6.76. The molecule has 0 saturated heterocycles. The third-order valence-corrected chi connectivity index (χ3v) is 10.4. The maximum absolute atomic E-state index is 14.3. The Hall–Kier alpha value is -2.97. The van der Waals surface area contributed by atoms with Gasteiger partial charge >= 0.3 is 0 Å². The number of allylic oxidation sites excluding steroid dienone is 1. The Morgan fingerprint density at radius 3 is 2.17 bits per heavy atom. The summed E-state index contributed by atoms with van der Waals surface area (Å²) in [5.74, 6) is -6.87. The number of aliphatic hydroxyl groups excluding tert-OH is 3. The molecule has 8 nitrogen and oxygen atoms in total. The predicted octanol–water partition coefficient (Wildman–Crippen LogP) is 4.96. The molecule has 218 valence electrons. The van der Waals surface area contributed by atoms with Crippen LogP contribution in [0.4, 0.5) is 0 Å². The summed E-state index contributed by atoms with van der Waals surface area (Å²) in [5.41, 5.74) is -6.85. The quantitative estimate of drug-likeness (QED) is 0.320. The summed E-state index contributed by atoms with van der Waals surface area (Å²) < 4.78 is 0. The van der Waals surface area contributed by atoms with Crippen LogP contribution in [0.3, 0.4) is 0 Å². The predicted molar refractivity (Wildman–Crippen MR) is 149 cm³/mol. The minimum absolute atomic E-state index is 0.0403. The molecule has 0 saturated carbocycles. The molecule has 1 aromatic rings. The van der Waals surface area contributed by atoms with Crippen molar-refractivity contribution in [2.24, 2.45) is 22.7 Å². The Morgan fingerprint density at radius 2 is 1.68 bits per heavy atom. The van der Waals surface area contributed by atoms with Crippen molar-refractivity contribution in [1.82, 2.24) is 0 Å². The first kappa shape index (κ1) is 30.0. The number of aliphatic hydroxyl groups is 4. The Bertz CT molecular complexity index is 1400. The molecule has 1 aromatic carbocycles. The summed E-state index contributed by atoms with van der Waals surface area (Å²) in [4.78, 5) is 40.7. The summed E-state index contributed by atoms with van der Waals surface area (Å²) in [7, 11) is 0. The first-order chi connectivity index (χ1) is 18.3. The van der Waals surface area contributed by atoms with Gasteiger partial charge in [0.25, 0.3) is 0 Å². The van der Waals surface area contributed by atoms with E-state index in [1.54, 1.807) is 39.8 Å². The van der Waals surface area contributed by atoms with Crippen LogP contribution in [0.5, 0.6) is 5.75 Å². The standard InChI is InChI=1S/C32H42O8/c1-10-13-29(6,7)18-12-11-17-15(4)30(8)22(25(36)20(17)23(18)34)27(38)32(40)26(37)19(16(5)33)24(35)21(14(2)3)31(32,9)28(30)39/h11-12,14-15,21,28,34-35,38-40H,10,13H2,1-9H3/t15-,21?,28-,30+,31+,32+/m1/s1. The number of rotatable bonds is 5. The fourth-order valence-electron chi connectivity index (χ4n) is 8.25. The smallest absolute Gasteiger partial charge is 0.209 e. The van der Waals surface area contributed by atoms with Crippen LogP contribution in [0.2, 0.25) is 0 Å². The number of fused-ring (bicyclic) bond motifs is 3. The average Bonchev–Trinajstić information content (AvgIpc) is 2.83. The van der Waals surface area contributed by atoms with Crippen molar-refractivity contribution < 1.29 is 39.9 Å². The number of ketones is 3. The minimum Gasteiger partial charge on any atom is -0.511 e. The number of aromatic hydroxyl groups is 1.